The van der Waals surface area contributed by atoms with Crippen molar-refractivity contribution in [3.05, 3.63) is 35.9 Å². The minimum atomic E-state index is -1.47. The number of nitrogens with zero attached hydrogens (tertiary/aromatic N) is 3. The van der Waals surface area contributed by atoms with Crippen LogP contribution >= 0.6 is 0 Å². The van der Waals surface area contributed by atoms with Gasteiger partial charge in [0.05, 0.1) is 68.3 Å². The van der Waals surface area contributed by atoms with Gasteiger partial charge in [-0.05, 0) is 71.0 Å². The molecule has 1 aliphatic rings. The van der Waals surface area contributed by atoms with Gasteiger partial charge in [0.15, 0.2) is 12.4 Å². The highest BCUT2D eigenvalue weighted by atomic mass is 16.6. The Balaban J connectivity index is 2.15. The molecule has 0 aromatic heterocycles. The zero-order chi connectivity index (χ0) is 59.0. The van der Waals surface area contributed by atoms with Crippen LogP contribution in [0.1, 0.15) is 107 Å². The van der Waals surface area contributed by atoms with Gasteiger partial charge in [-0.15, -0.1) is 0 Å². The van der Waals surface area contributed by atoms with Gasteiger partial charge in [0.1, 0.15) is 24.8 Å². The molecule has 0 saturated carbocycles. The molecule has 2 rings (SSSR count). The van der Waals surface area contributed by atoms with Crippen molar-refractivity contribution in [1.29, 1.82) is 0 Å². The highest BCUT2D eigenvalue weighted by Crippen LogP contribution is 2.30. The number of alkyl carbamates (subject to hydrolysis) is 1. The van der Waals surface area contributed by atoms with Gasteiger partial charge < -0.3 is 69.7 Å². The molecule has 6 N–H and O–H groups in total. The molecule has 23 heteroatoms. The Kier molecular flexibility index (Phi) is 30.4. The Morgan fingerprint density at radius 1 is 0.808 bits per heavy atom. The smallest absolute Gasteiger partial charge is 0.407 e. The third kappa shape index (κ3) is 22.0. The fraction of sp³-hybridized carbons (Fsp3) is 0.745. The molecule has 0 radical (unpaired) electrons. The number of nitrogens with one attached hydrogen (secondary N) is 4. The monoisotopic (exact) mass is 1110 g/mol. The van der Waals surface area contributed by atoms with Crippen molar-refractivity contribution < 1.29 is 77.0 Å². The van der Waals surface area contributed by atoms with Crippen LogP contribution in [0.5, 0.6) is 0 Å². The number of hydrogen-bond donors (Lipinski definition) is 6. The average molecular weight is 1110 g/mol. The largest absolute Gasteiger partial charge is 0.458 e. The predicted octanol–water partition coefficient (Wildman–Crippen LogP) is 2.17. The lowest BCUT2D eigenvalue weighted by Crippen LogP contribution is -2.59. The van der Waals surface area contributed by atoms with Gasteiger partial charge in [0, 0.05) is 40.8 Å². The first-order valence-corrected chi connectivity index (χ1v) is 27.2. The normalized spacial score (nSPS) is 18.2. The molecule has 1 aliphatic heterocycles. The lowest BCUT2D eigenvalue weighted by Gasteiger charge is -2.41. The van der Waals surface area contributed by atoms with Crippen LogP contribution in [0.3, 0.4) is 0 Å². The molecule has 78 heavy (non-hydrogen) atoms. The van der Waals surface area contributed by atoms with Crippen LogP contribution in [0, 0.1) is 23.7 Å². The Morgan fingerprint density at radius 2 is 1.46 bits per heavy atom. The maximum absolute atomic E-state index is 14.5. The molecule has 6 amide bonds. The van der Waals surface area contributed by atoms with E-state index in [0.717, 1.165) is 5.56 Å². The van der Waals surface area contributed by atoms with Crippen molar-refractivity contribution in [2.45, 2.75) is 175 Å². The van der Waals surface area contributed by atoms with Gasteiger partial charge in [0.25, 0.3) is 0 Å². The third-order valence-corrected chi connectivity index (χ3v) is 14.0. The number of amides is 6. The molecule has 1 fully saturated rings. The second kappa shape index (κ2) is 34.5. The first-order chi connectivity index (χ1) is 36.7. The van der Waals surface area contributed by atoms with Crippen molar-refractivity contribution in [3.63, 3.8) is 0 Å². The van der Waals surface area contributed by atoms with E-state index in [-0.39, 0.29) is 74.4 Å². The van der Waals surface area contributed by atoms with E-state index >= 15 is 0 Å². The molecular formula is C55H93N7O16. The minimum absolute atomic E-state index is 0.00243. The lowest BCUT2D eigenvalue weighted by molar-refractivity contribution is -0.169. The topological polar surface area (TPSA) is 290 Å². The number of likely N-dealkylation sites (tertiary alicyclic amines) is 1. The van der Waals surface area contributed by atoms with Gasteiger partial charge in [-0.3, -0.25) is 33.7 Å². The SMILES string of the molecule is CC[C@H](C)[C@@H]([C@@H](CC(=O)N1CCC[C@H]1[C@H](OC)[C@@H](C)C(=O)N[C@@H](Cc1ccccc1)C(=O)NC[C@H](C)OC(=O)[C@H](C)OC(=O)CCNC(=O)OCC(O)OC(C)CO)OC)N(C)C(=O)[C@@H](NC(=O)[C@H](C(C)C)N(C)C)C(C)C. The Morgan fingerprint density at radius 3 is 2.03 bits per heavy atom. The van der Waals surface area contributed by atoms with E-state index in [4.69, 9.17) is 33.5 Å². The maximum Gasteiger partial charge on any atom is 0.407 e. The molecule has 1 aromatic carbocycles. The molecule has 0 aliphatic carbocycles. The van der Waals surface area contributed by atoms with Crippen LogP contribution in [0.4, 0.5) is 4.79 Å². The zero-order valence-electron chi connectivity index (χ0n) is 48.8. The number of esters is 2. The lowest BCUT2D eigenvalue weighted by atomic mass is 9.89. The van der Waals surface area contributed by atoms with E-state index in [2.05, 4.69) is 21.3 Å². The standard InChI is InChI=1S/C55H93N7O16/c1-16-34(6)48(61(13)53(70)46(32(2)3)59-52(69)47(33(4)5)60(11)12)42(73-14)28-43(64)62-26-20-23-41(62)49(74-15)37(9)50(67)58-40(27-39-21-18-17-19-22-39)51(68)57-29-35(7)77-54(71)38(10)78-44(65)24-25-56-55(72)75-31-45(66)76-36(8)30-63/h17-19,21-22,32-38,40-42,45-49,63,66H,16,20,23-31H2,1-15H3,(H,56,72)(H,57,68)(H,58,67)(H,59,69)/t34-,35-,36?,37+,38-,40-,41-,42+,45?,46-,47-,48-,49+/m0/s1. The number of rotatable bonds is 34. The van der Waals surface area contributed by atoms with Crippen LogP contribution in [-0.2, 0) is 68.4 Å². The number of ether oxygens (including phenoxy) is 6. The van der Waals surface area contributed by atoms with Crippen molar-refractivity contribution in [2.24, 2.45) is 23.7 Å². The second-order valence-electron chi connectivity index (χ2n) is 21.2. The number of likely N-dealkylation sites (N-methyl/N-ethyl adjacent to an activating group) is 2. The van der Waals surface area contributed by atoms with E-state index in [1.807, 2.05) is 78.7 Å². The van der Waals surface area contributed by atoms with Gasteiger partial charge in [-0.2, -0.15) is 0 Å². The first kappa shape index (κ1) is 68.6. The average Bonchev–Trinajstić information content (AvgIpc) is 3.88. The van der Waals surface area contributed by atoms with Crippen molar-refractivity contribution in [3.8, 4) is 0 Å². The fourth-order valence-electron chi connectivity index (χ4n) is 9.60. The fourth-order valence-corrected chi connectivity index (χ4v) is 9.60. The number of methoxy groups -OCH3 is 2. The van der Waals surface area contributed by atoms with Gasteiger partial charge in [-0.1, -0.05) is 85.2 Å². The van der Waals surface area contributed by atoms with Gasteiger partial charge in [0.2, 0.25) is 29.5 Å². The van der Waals surface area contributed by atoms with E-state index < -0.39 is 109 Å². The number of aliphatic hydroxyl groups is 2. The Bertz CT molecular complexity index is 2040. The zero-order valence-corrected chi connectivity index (χ0v) is 48.8. The van der Waals surface area contributed by atoms with Gasteiger partial charge in [-0.25, -0.2) is 9.59 Å². The highest BCUT2D eigenvalue weighted by Gasteiger charge is 2.44. The summed E-state index contributed by atoms with van der Waals surface area (Å²) in [5.74, 6) is -4.76. The summed E-state index contributed by atoms with van der Waals surface area (Å²) < 4.78 is 32.4. The number of aliphatic hydroxyl groups excluding tert-OH is 2. The Hall–Kier alpha value is -5.46. The van der Waals surface area contributed by atoms with Crippen LogP contribution in [0.25, 0.3) is 0 Å². The minimum Gasteiger partial charge on any atom is -0.458 e. The maximum atomic E-state index is 14.5. The predicted molar refractivity (Wildman–Crippen MR) is 289 cm³/mol. The van der Waals surface area contributed by atoms with E-state index in [0.29, 0.717) is 25.8 Å². The van der Waals surface area contributed by atoms with Gasteiger partial charge >= 0.3 is 18.0 Å². The highest BCUT2D eigenvalue weighted by molar-refractivity contribution is 5.91. The summed E-state index contributed by atoms with van der Waals surface area (Å²) in [7, 11) is 8.34. The van der Waals surface area contributed by atoms with Crippen LogP contribution < -0.4 is 21.3 Å². The van der Waals surface area contributed by atoms with Crippen molar-refractivity contribution in [2.75, 3.05) is 68.2 Å². The van der Waals surface area contributed by atoms with E-state index in [1.165, 1.54) is 35.0 Å². The molecule has 13 atom stereocenters. The molecule has 1 aromatic rings. The second-order valence-corrected chi connectivity index (χ2v) is 21.2. The van der Waals surface area contributed by atoms with Crippen LogP contribution in [-0.4, -0.2) is 208 Å². The summed E-state index contributed by atoms with van der Waals surface area (Å²) in [5, 5.41) is 29.6. The summed E-state index contributed by atoms with van der Waals surface area (Å²) in [6.45, 7) is 16.9. The molecule has 444 valence electrons. The summed E-state index contributed by atoms with van der Waals surface area (Å²) in [4.78, 5) is 113. The quantitative estimate of drug-likeness (QED) is 0.0328. The molecule has 0 bridgehead atoms. The number of carbonyl (C=O) groups is 8. The van der Waals surface area contributed by atoms with E-state index in [1.54, 1.807) is 35.9 Å². The molecule has 1 saturated heterocycles. The molecule has 1 heterocycles. The van der Waals surface area contributed by atoms with Crippen molar-refractivity contribution in [1.82, 2.24) is 36.0 Å². The van der Waals surface area contributed by atoms with Crippen LogP contribution in [0.15, 0.2) is 30.3 Å². The summed E-state index contributed by atoms with van der Waals surface area (Å²) in [5.41, 5.74) is 0.755. The summed E-state index contributed by atoms with van der Waals surface area (Å²) >= 11 is 0. The molecule has 23 nitrogen and oxygen atoms in total. The molecule has 2 unspecified atom stereocenters. The van der Waals surface area contributed by atoms with Crippen LogP contribution in [0.2, 0.25) is 0 Å². The number of carbonyl (C=O) groups excluding carboxylic acids is 8. The summed E-state index contributed by atoms with van der Waals surface area (Å²) in [6, 6.07) is 5.65. The number of benzene rings is 1. The third-order valence-electron chi connectivity index (χ3n) is 14.0. The first-order valence-electron chi connectivity index (χ1n) is 27.2. The van der Waals surface area contributed by atoms with Crippen molar-refractivity contribution >= 4 is 47.6 Å². The molecule has 0 spiro atoms. The van der Waals surface area contributed by atoms with E-state index in [9.17, 15) is 43.5 Å². The Labute approximate surface area is 461 Å². The molecular weight excluding hydrogens is 1010 g/mol. The summed E-state index contributed by atoms with van der Waals surface area (Å²) in [6.07, 6.45) is -5.27. The number of hydrogen-bond acceptors (Lipinski definition) is 17.